The fourth-order valence-corrected chi connectivity index (χ4v) is 5.84. The maximum Gasteiger partial charge on any atom is 0.338 e. The third kappa shape index (κ3) is 6.73. The highest BCUT2D eigenvalue weighted by Crippen LogP contribution is 2.43. The van der Waals surface area contributed by atoms with Crippen LogP contribution < -0.4 is 14.8 Å². The summed E-state index contributed by atoms with van der Waals surface area (Å²) in [5, 5.41) is 9.31. The molecule has 0 spiro atoms. The van der Waals surface area contributed by atoms with E-state index in [2.05, 4.69) is 21.2 Å². The van der Waals surface area contributed by atoms with Crippen molar-refractivity contribution in [3.63, 3.8) is 0 Å². The number of nitrogens with zero attached hydrogens (tertiary/aromatic N) is 3. The Bertz CT molecular complexity index is 1380. The van der Waals surface area contributed by atoms with Crippen LogP contribution in [-0.2, 0) is 15.3 Å². The van der Waals surface area contributed by atoms with Gasteiger partial charge in [0, 0.05) is 16.5 Å². The van der Waals surface area contributed by atoms with Crippen LogP contribution in [0.4, 0.5) is 5.95 Å². The van der Waals surface area contributed by atoms with Gasteiger partial charge in [-0.1, -0.05) is 48.5 Å². The van der Waals surface area contributed by atoms with Crippen molar-refractivity contribution in [2.45, 2.75) is 64.1 Å². The molecule has 0 saturated heterocycles. The lowest BCUT2D eigenvalue weighted by Crippen LogP contribution is -2.30. The monoisotopic (exact) mass is 634 g/mol. The number of allylic oxidation sites excluding steroid dienone is 1. The molecule has 8 nitrogen and oxygen atoms in total. The Morgan fingerprint density at radius 3 is 2.69 bits per heavy atom. The van der Waals surface area contributed by atoms with E-state index in [0.29, 0.717) is 57.9 Å². The first-order chi connectivity index (χ1) is 18.7. The fourth-order valence-electron chi connectivity index (χ4n) is 4.15. The predicted octanol–water partition coefficient (Wildman–Crippen LogP) is 7.41. The number of nitrogens with one attached hydrogen (secondary N) is 1. The van der Waals surface area contributed by atoms with Crippen LogP contribution in [0.5, 0.6) is 11.5 Å². The van der Waals surface area contributed by atoms with Crippen molar-refractivity contribution in [2.75, 3.05) is 18.5 Å². The van der Waals surface area contributed by atoms with Gasteiger partial charge in [0.1, 0.15) is 6.04 Å². The van der Waals surface area contributed by atoms with Crippen LogP contribution in [0.15, 0.2) is 57.3 Å². The first-order valence-corrected chi connectivity index (χ1v) is 15.0. The van der Waals surface area contributed by atoms with Crippen molar-refractivity contribution in [1.82, 2.24) is 14.8 Å². The topological polar surface area (TPSA) is 87.5 Å². The number of hydrogen-bond donors (Lipinski definition) is 1. The number of halogens is 2. The summed E-state index contributed by atoms with van der Waals surface area (Å²) in [5.74, 6) is 1.91. The normalized spacial score (nSPS) is 14.7. The van der Waals surface area contributed by atoms with Gasteiger partial charge >= 0.3 is 5.97 Å². The van der Waals surface area contributed by atoms with Crippen molar-refractivity contribution in [3.8, 4) is 11.5 Å². The van der Waals surface area contributed by atoms with Gasteiger partial charge in [0.2, 0.25) is 11.1 Å². The molecule has 1 unspecified atom stereocenters. The van der Waals surface area contributed by atoms with Crippen LogP contribution in [0, 0.1) is 0 Å². The van der Waals surface area contributed by atoms with Gasteiger partial charge in [0.15, 0.2) is 11.5 Å². The molecule has 39 heavy (non-hydrogen) atoms. The number of benzene rings is 2. The lowest BCUT2D eigenvalue weighted by atomic mass is 9.95. The molecule has 2 aromatic carbocycles. The van der Waals surface area contributed by atoms with Gasteiger partial charge in [-0.3, -0.25) is 0 Å². The number of esters is 1. The molecule has 1 aromatic heterocycles. The molecule has 0 aliphatic carbocycles. The summed E-state index contributed by atoms with van der Waals surface area (Å²) in [6.45, 7) is 10.5. The lowest BCUT2D eigenvalue weighted by molar-refractivity contribution is -0.143. The van der Waals surface area contributed by atoms with Crippen LogP contribution in [0.1, 0.15) is 58.2 Å². The molecule has 4 rings (SSSR count). The van der Waals surface area contributed by atoms with Gasteiger partial charge in [0.25, 0.3) is 0 Å². The average Bonchev–Trinajstić information content (AvgIpc) is 3.28. The summed E-state index contributed by atoms with van der Waals surface area (Å²) < 4.78 is 20.0. The summed E-state index contributed by atoms with van der Waals surface area (Å²) in [6.07, 6.45) is 0.575. The van der Waals surface area contributed by atoms with Crippen LogP contribution >= 0.6 is 39.3 Å². The summed E-state index contributed by atoms with van der Waals surface area (Å²) in [6, 6.07) is 10.9. The molecule has 0 amide bonds. The molecule has 1 aliphatic rings. The zero-order chi connectivity index (χ0) is 28.1. The highest BCUT2D eigenvalue weighted by Gasteiger charge is 2.36. The van der Waals surface area contributed by atoms with Gasteiger partial charge in [0.05, 0.1) is 29.4 Å². The lowest BCUT2D eigenvalue weighted by Gasteiger charge is -2.29. The Morgan fingerprint density at radius 2 is 2.00 bits per heavy atom. The number of carbonyl (C=O) groups excluding carboxylic acids is 1. The van der Waals surface area contributed by atoms with E-state index in [4.69, 9.17) is 35.9 Å². The fraction of sp³-hybridized carbons (Fsp3) is 0.393. The largest absolute Gasteiger partial charge is 0.490 e. The smallest absolute Gasteiger partial charge is 0.338 e. The number of hydrogen-bond acceptors (Lipinski definition) is 8. The number of thioether (sulfide) groups is 1. The molecule has 0 radical (unpaired) electrons. The summed E-state index contributed by atoms with van der Waals surface area (Å²) in [5.41, 5.74) is 2.86. The van der Waals surface area contributed by atoms with E-state index in [1.54, 1.807) is 4.68 Å². The maximum atomic E-state index is 13.4. The quantitative estimate of drug-likeness (QED) is 0.172. The van der Waals surface area contributed by atoms with Crippen LogP contribution in [0.25, 0.3) is 0 Å². The van der Waals surface area contributed by atoms with Crippen LogP contribution in [-0.4, -0.2) is 40.1 Å². The minimum atomic E-state index is -0.606. The number of rotatable bonds is 11. The second-order valence-electron chi connectivity index (χ2n) is 9.17. The van der Waals surface area contributed by atoms with Gasteiger partial charge in [-0.15, -0.1) is 5.10 Å². The Kier molecular flexibility index (Phi) is 9.85. The highest BCUT2D eigenvalue weighted by molar-refractivity contribution is 9.10. The number of aromatic nitrogens is 3. The van der Waals surface area contributed by atoms with E-state index in [9.17, 15) is 4.79 Å². The van der Waals surface area contributed by atoms with Crippen LogP contribution in [0.2, 0.25) is 5.02 Å². The van der Waals surface area contributed by atoms with Gasteiger partial charge in [-0.05, 0) is 79.4 Å². The Labute approximate surface area is 246 Å². The van der Waals surface area contributed by atoms with Gasteiger partial charge < -0.3 is 19.5 Å². The second kappa shape index (κ2) is 13.1. The number of ether oxygens (including phenoxy) is 3. The molecule has 0 saturated carbocycles. The highest BCUT2D eigenvalue weighted by atomic mass is 79.9. The molecular formula is C28H32BrClN4O4S. The molecule has 3 aromatic rings. The third-order valence-corrected chi connectivity index (χ3v) is 7.65. The minimum Gasteiger partial charge on any atom is -0.490 e. The molecule has 11 heteroatoms. The zero-order valence-corrected chi connectivity index (χ0v) is 25.7. The van der Waals surface area contributed by atoms with Crippen molar-refractivity contribution in [2.24, 2.45) is 0 Å². The van der Waals surface area contributed by atoms with Crippen molar-refractivity contribution in [1.29, 1.82) is 0 Å². The third-order valence-electron chi connectivity index (χ3n) is 5.81. The van der Waals surface area contributed by atoms with Crippen molar-refractivity contribution >= 4 is 51.2 Å². The SMILES string of the molecule is CCCOc1c(Br)cc(C2C(C(=O)OC(C)C)=C(C)Nc3nc(SCc4ccccc4Cl)nn32)cc1OCC. The van der Waals surface area contributed by atoms with E-state index in [-0.39, 0.29) is 6.10 Å². The summed E-state index contributed by atoms with van der Waals surface area (Å²) >= 11 is 11.5. The molecule has 0 bridgehead atoms. The van der Waals surface area contributed by atoms with Gasteiger partial charge in [-0.2, -0.15) is 4.98 Å². The zero-order valence-electron chi connectivity index (χ0n) is 22.6. The second-order valence-corrected chi connectivity index (χ2v) is 11.4. The first kappa shape index (κ1) is 29.3. The Balaban J connectivity index is 1.78. The van der Waals surface area contributed by atoms with Crippen LogP contribution in [0.3, 0.4) is 0 Å². The molecule has 208 valence electrons. The van der Waals surface area contributed by atoms with E-state index < -0.39 is 12.0 Å². The van der Waals surface area contributed by atoms with Crippen molar-refractivity contribution in [3.05, 3.63) is 68.3 Å². The summed E-state index contributed by atoms with van der Waals surface area (Å²) in [4.78, 5) is 18.1. The Morgan fingerprint density at radius 1 is 1.23 bits per heavy atom. The molecule has 1 atom stereocenters. The standard InChI is InChI=1S/C28H32BrClN4O4S/c1-6-12-37-25-20(29)13-19(14-22(25)36-7-2)24-23(26(35)38-16(3)4)17(5)31-27-32-28(33-34(24)27)39-15-18-10-8-9-11-21(18)30/h8-11,13-14,16,24H,6-7,12,15H2,1-5H3,(H,31,32,33). The van der Waals surface area contributed by atoms with E-state index in [0.717, 1.165) is 22.0 Å². The van der Waals surface area contributed by atoms with E-state index in [1.165, 1.54) is 11.8 Å². The molecular weight excluding hydrogens is 604 g/mol. The molecule has 1 aliphatic heterocycles. The average molecular weight is 636 g/mol. The summed E-state index contributed by atoms with van der Waals surface area (Å²) in [7, 11) is 0. The van der Waals surface area contributed by atoms with E-state index >= 15 is 0 Å². The first-order valence-electron chi connectivity index (χ1n) is 12.8. The molecule has 2 heterocycles. The predicted molar refractivity (Wildman–Crippen MR) is 158 cm³/mol. The van der Waals surface area contributed by atoms with E-state index in [1.807, 2.05) is 71.0 Å². The molecule has 1 N–H and O–H groups in total. The number of fused-ring (bicyclic) bond motifs is 1. The van der Waals surface area contributed by atoms with Crippen molar-refractivity contribution < 1.29 is 19.0 Å². The Hall–Kier alpha value is -2.69. The molecule has 0 fully saturated rings. The maximum absolute atomic E-state index is 13.4. The van der Waals surface area contributed by atoms with Gasteiger partial charge in [-0.25, -0.2) is 9.48 Å². The number of carbonyl (C=O) groups is 1. The minimum absolute atomic E-state index is 0.284. The number of anilines is 1.